The van der Waals surface area contributed by atoms with Gasteiger partial charge in [0.15, 0.2) is 6.61 Å². The molecular weight excluding hydrogens is 470 g/mol. The van der Waals surface area contributed by atoms with Crippen molar-refractivity contribution in [3.05, 3.63) is 94.1 Å². The quantitative estimate of drug-likeness (QED) is 0.334. The maximum Gasteiger partial charge on any atom is 0.453 e. The van der Waals surface area contributed by atoms with Gasteiger partial charge < -0.3 is 19.2 Å². The number of amides is 1. The van der Waals surface area contributed by atoms with Crippen LogP contribution >= 0.6 is 0 Å². The number of benzene rings is 3. The molecule has 3 aromatic carbocycles. The topological polar surface area (TPSA) is 77.8 Å². The predicted molar refractivity (Wildman–Crippen MR) is 119 cm³/mol. The van der Waals surface area contributed by atoms with Gasteiger partial charge in [0.1, 0.15) is 22.9 Å². The van der Waals surface area contributed by atoms with Crippen LogP contribution in [0.1, 0.15) is 11.3 Å². The van der Waals surface area contributed by atoms with Crippen molar-refractivity contribution in [3.8, 4) is 17.2 Å². The molecule has 0 aliphatic rings. The third kappa shape index (κ3) is 5.43. The van der Waals surface area contributed by atoms with E-state index in [1.54, 1.807) is 19.1 Å². The number of rotatable bonds is 6. The number of alkyl halides is 3. The second-order valence-corrected chi connectivity index (χ2v) is 7.48. The number of hydrogen-bond acceptors (Lipinski definition) is 5. The Kier molecular flexibility index (Phi) is 6.46. The van der Waals surface area contributed by atoms with Crippen LogP contribution in [0, 0.1) is 12.7 Å². The van der Waals surface area contributed by atoms with Crippen molar-refractivity contribution in [2.24, 2.45) is 0 Å². The smallest absolute Gasteiger partial charge is 0.453 e. The molecule has 10 heteroatoms. The fourth-order valence-corrected chi connectivity index (χ4v) is 3.22. The summed E-state index contributed by atoms with van der Waals surface area (Å²) in [7, 11) is 0. The molecule has 0 aliphatic carbocycles. The zero-order valence-electron chi connectivity index (χ0n) is 18.1. The van der Waals surface area contributed by atoms with Crippen LogP contribution in [0.4, 0.5) is 23.2 Å². The average molecular weight is 487 g/mol. The maximum atomic E-state index is 13.7. The molecule has 35 heavy (non-hydrogen) atoms. The van der Waals surface area contributed by atoms with Gasteiger partial charge in [-0.25, -0.2) is 4.39 Å². The highest BCUT2D eigenvalue weighted by atomic mass is 19.4. The highest BCUT2D eigenvalue weighted by Crippen LogP contribution is 2.38. The number of carbonyl (C=O) groups is 1. The predicted octanol–water partition coefficient (Wildman–Crippen LogP) is 6.07. The molecule has 0 radical (unpaired) electrons. The molecule has 0 unspecified atom stereocenters. The lowest BCUT2D eigenvalue weighted by atomic mass is 10.2. The van der Waals surface area contributed by atoms with Crippen molar-refractivity contribution in [1.82, 2.24) is 0 Å². The first-order valence-corrected chi connectivity index (χ1v) is 10.2. The first kappa shape index (κ1) is 23.8. The number of halogens is 4. The molecular formula is C25H17F4NO5. The summed E-state index contributed by atoms with van der Waals surface area (Å²) in [5.41, 5.74) is -0.765. The number of nitrogens with one attached hydrogen (secondary N) is 1. The standard InChI is InChI=1S/C25H17F4NO5/c1-14-5-4-6-16(11-14)34-23-22(32)17-10-9-15(12-20(17)35-24(23)25(27,28)29)33-13-21(31)30-19-8-3-2-7-18(19)26/h2-12H,13H2,1H3,(H,30,31). The third-order valence-electron chi connectivity index (χ3n) is 4.81. The summed E-state index contributed by atoms with van der Waals surface area (Å²) in [6, 6.07) is 15.2. The van der Waals surface area contributed by atoms with Gasteiger partial charge in [-0.1, -0.05) is 24.3 Å². The fraction of sp³-hybridized carbons (Fsp3) is 0.120. The van der Waals surface area contributed by atoms with Crippen LogP contribution in [0.15, 0.2) is 75.9 Å². The van der Waals surface area contributed by atoms with E-state index >= 15 is 0 Å². The van der Waals surface area contributed by atoms with Gasteiger partial charge in [-0.3, -0.25) is 9.59 Å². The largest absolute Gasteiger partial charge is 0.484 e. The van der Waals surface area contributed by atoms with E-state index in [0.29, 0.717) is 0 Å². The van der Waals surface area contributed by atoms with Crippen LogP contribution < -0.4 is 20.2 Å². The molecule has 6 nitrogen and oxygen atoms in total. The second-order valence-electron chi connectivity index (χ2n) is 7.48. The normalized spacial score (nSPS) is 11.3. The van der Waals surface area contributed by atoms with Gasteiger partial charge in [-0.2, -0.15) is 13.2 Å². The highest BCUT2D eigenvalue weighted by Gasteiger charge is 2.40. The van der Waals surface area contributed by atoms with Gasteiger partial charge in [0.25, 0.3) is 11.7 Å². The summed E-state index contributed by atoms with van der Waals surface area (Å²) in [4.78, 5) is 24.9. The van der Waals surface area contributed by atoms with Gasteiger partial charge in [-0.05, 0) is 48.9 Å². The van der Waals surface area contributed by atoms with Crippen LogP contribution in [0.3, 0.4) is 0 Å². The van der Waals surface area contributed by atoms with Crippen LogP contribution in [0.2, 0.25) is 0 Å². The van der Waals surface area contributed by atoms with Crippen LogP contribution in [0.25, 0.3) is 11.0 Å². The van der Waals surface area contributed by atoms with Crippen LogP contribution in [-0.4, -0.2) is 12.5 Å². The number of anilines is 1. The lowest BCUT2D eigenvalue weighted by Gasteiger charge is -2.14. The molecule has 1 amide bonds. The Balaban J connectivity index is 1.62. The molecule has 180 valence electrons. The zero-order valence-corrected chi connectivity index (χ0v) is 18.1. The van der Waals surface area contributed by atoms with Crippen molar-refractivity contribution in [2.45, 2.75) is 13.1 Å². The molecule has 1 heterocycles. The molecule has 0 atom stereocenters. The van der Waals surface area contributed by atoms with E-state index in [1.165, 1.54) is 42.5 Å². The van der Waals surface area contributed by atoms with E-state index in [2.05, 4.69) is 5.32 Å². The SMILES string of the molecule is Cc1cccc(Oc2c(C(F)(F)F)oc3cc(OCC(=O)Nc4ccccc4F)ccc3c2=O)c1. The summed E-state index contributed by atoms with van der Waals surface area (Å²) in [5, 5.41) is 2.14. The maximum absolute atomic E-state index is 13.7. The number of ether oxygens (including phenoxy) is 2. The van der Waals surface area contributed by atoms with Gasteiger partial charge in [0.05, 0.1) is 11.1 Å². The molecule has 0 aliphatic heterocycles. The van der Waals surface area contributed by atoms with Gasteiger partial charge in [0, 0.05) is 6.07 Å². The number of aryl methyl sites for hydroxylation is 1. The Morgan fingerprint density at radius 2 is 1.77 bits per heavy atom. The van der Waals surface area contributed by atoms with E-state index in [-0.39, 0.29) is 22.6 Å². The van der Waals surface area contributed by atoms with E-state index in [0.717, 1.165) is 17.7 Å². The van der Waals surface area contributed by atoms with E-state index in [4.69, 9.17) is 13.9 Å². The van der Waals surface area contributed by atoms with Gasteiger partial charge in [-0.15, -0.1) is 0 Å². The summed E-state index contributed by atoms with van der Waals surface area (Å²) in [6.45, 7) is 1.16. The number of carbonyl (C=O) groups excluding carboxylic acids is 1. The third-order valence-corrected chi connectivity index (χ3v) is 4.81. The van der Waals surface area contributed by atoms with Gasteiger partial charge >= 0.3 is 6.18 Å². The zero-order chi connectivity index (χ0) is 25.2. The monoisotopic (exact) mass is 487 g/mol. The lowest BCUT2D eigenvalue weighted by molar-refractivity contribution is -0.154. The fourth-order valence-electron chi connectivity index (χ4n) is 3.22. The minimum Gasteiger partial charge on any atom is -0.484 e. The minimum absolute atomic E-state index is 0.0372. The minimum atomic E-state index is -5.02. The first-order valence-electron chi connectivity index (χ1n) is 10.2. The second kappa shape index (κ2) is 9.49. The molecule has 1 aromatic heterocycles. The van der Waals surface area contributed by atoms with Crippen molar-refractivity contribution in [3.63, 3.8) is 0 Å². The van der Waals surface area contributed by atoms with E-state index in [9.17, 15) is 27.2 Å². The summed E-state index contributed by atoms with van der Waals surface area (Å²) >= 11 is 0. The Morgan fingerprint density at radius 3 is 2.49 bits per heavy atom. The molecule has 4 aromatic rings. The lowest BCUT2D eigenvalue weighted by Crippen LogP contribution is -2.20. The molecule has 1 N–H and O–H groups in total. The molecule has 0 saturated carbocycles. The Labute approximate surface area is 195 Å². The van der Waals surface area contributed by atoms with E-state index in [1.807, 2.05) is 0 Å². The molecule has 0 fully saturated rings. The summed E-state index contributed by atoms with van der Waals surface area (Å²) < 4.78 is 70.4. The summed E-state index contributed by atoms with van der Waals surface area (Å²) in [6.07, 6.45) is -5.02. The van der Waals surface area contributed by atoms with Crippen molar-refractivity contribution >= 4 is 22.6 Å². The highest BCUT2D eigenvalue weighted by molar-refractivity contribution is 5.92. The Morgan fingerprint density at radius 1 is 1.00 bits per heavy atom. The Bertz CT molecular complexity index is 1460. The van der Waals surface area contributed by atoms with Crippen molar-refractivity contribution in [2.75, 3.05) is 11.9 Å². The molecule has 4 rings (SSSR count). The summed E-state index contributed by atoms with van der Waals surface area (Å²) in [5.74, 6) is -3.93. The van der Waals surface area contributed by atoms with Crippen LogP contribution in [-0.2, 0) is 11.0 Å². The van der Waals surface area contributed by atoms with Crippen molar-refractivity contribution in [1.29, 1.82) is 0 Å². The van der Waals surface area contributed by atoms with E-state index < -0.39 is 47.0 Å². The average Bonchev–Trinajstić information content (AvgIpc) is 2.80. The number of para-hydroxylation sites is 1. The van der Waals surface area contributed by atoms with Crippen LogP contribution in [0.5, 0.6) is 17.2 Å². The first-order chi connectivity index (χ1) is 16.6. The van der Waals surface area contributed by atoms with Gasteiger partial charge in [0.2, 0.25) is 11.2 Å². The molecule has 0 spiro atoms. The van der Waals surface area contributed by atoms with Crippen molar-refractivity contribution < 1.29 is 36.2 Å². The Hall–Kier alpha value is -4.34. The molecule has 0 bridgehead atoms. The molecule has 0 saturated heterocycles. The number of fused-ring (bicyclic) bond motifs is 1. The number of hydrogen-bond donors (Lipinski definition) is 1.